The number of halogens is 1. The fourth-order valence-corrected chi connectivity index (χ4v) is 4.52. The van der Waals surface area contributed by atoms with Crippen molar-refractivity contribution < 1.29 is 9.59 Å². The van der Waals surface area contributed by atoms with Gasteiger partial charge in [0.1, 0.15) is 11.0 Å². The minimum atomic E-state index is -0.0297. The van der Waals surface area contributed by atoms with E-state index in [2.05, 4.69) is 27.1 Å². The van der Waals surface area contributed by atoms with Crippen LogP contribution in [0.5, 0.6) is 0 Å². The van der Waals surface area contributed by atoms with E-state index in [1.165, 1.54) is 11.8 Å². The van der Waals surface area contributed by atoms with Gasteiger partial charge in [0.25, 0.3) is 5.91 Å². The first-order chi connectivity index (χ1) is 15.5. The molecule has 1 aliphatic rings. The monoisotopic (exact) mass is 475 g/mol. The number of hydrogen-bond donors (Lipinski definition) is 1. The van der Waals surface area contributed by atoms with Crippen molar-refractivity contribution in [1.29, 1.82) is 0 Å². The second-order valence-electron chi connectivity index (χ2n) is 7.84. The summed E-state index contributed by atoms with van der Waals surface area (Å²) in [5.41, 5.74) is 0.699. The number of piperazine rings is 1. The van der Waals surface area contributed by atoms with Gasteiger partial charge in [-0.05, 0) is 25.5 Å². The molecule has 1 aromatic heterocycles. The number of nitrogens with one attached hydrogen (secondary N) is 1. The minimum absolute atomic E-state index is 0.0233. The molecule has 2 aromatic rings. The zero-order chi connectivity index (χ0) is 22.9. The Morgan fingerprint density at radius 2 is 1.97 bits per heavy atom. The van der Waals surface area contributed by atoms with Crippen LogP contribution in [0, 0.1) is 0 Å². The Morgan fingerprint density at radius 1 is 1.19 bits per heavy atom. The van der Waals surface area contributed by atoms with E-state index in [0.29, 0.717) is 42.1 Å². The van der Waals surface area contributed by atoms with Crippen molar-refractivity contribution >= 4 is 41.0 Å². The first-order valence-corrected chi connectivity index (χ1v) is 12.4. The molecule has 9 heteroatoms. The lowest BCUT2D eigenvalue weighted by atomic mass is 10.1. The van der Waals surface area contributed by atoms with Crippen LogP contribution >= 0.6 is 23.4 Å². The molecule has 1 fully saturated rings. The fraction of sp³-hybridized carbons (Fsp3) is 0.478. The first kappa shape index (κ1) is 24.3. The molecule has 172 valence electrons. The van der Waals surface area contributed by atoms with Gasteiger partial charge in [-0.2, -0.15) is 0 Å². The number of carbonyl (C=O) groups is 2. The van der Waals surface area contributed by atoms with Gasteiger partial charge < -0.3 is 15.1 Å². The molecule has 32 heavy (non-hydrogen) atoms. The zero-order valence-electron chi connectivity index (χ0n) is 18.6. The van der Waals surface area contributed by atoms with E-state index in [4.69, 9.17) is 11.6 Å². The van der Waals surface area contributed by atoms with Crippen LogP contribution in [0.3, 0.4) is 0 Å². The normalized spacial score (nSPS) is 16.2. The molecule has 0 bridgehead atoms. The highest BCUT2D eigenvalue weighted by Gasteiger charge is 2.29. The summed E-state index contributed by atoms with van der Waals surface area (Å²) in [7, 11) is 0. The van der Waals surface area contributed by atoms with Crippen LogP contribution in [0.15, 0.2) is 41.6 Å². The topological polar surface area (TPSA) is 78.4 Å². The fourth-order valence-electron chi connectivity index (χ4n) is 3.61. The molecule has 0 saturated carbocycles. The second kappa shape index (κ2) is 12.1. The molecule has 1 saturated heterocycles. The molecular weight excluding hydrogens is 446 g/mol. The average Bonchev–Trinajstić information content (AvgIpc) is 2.80. The molecule has 3 rings (SSSR count). The van der Waals surface area contributed by atoms with E-state index in [9.17, 15) is 9.59 Å². The summed E-state index contributed by atoms with van der Waals surface area (Å²) < 4.78 is 0. The lowest BCUT2D eigenvalue weighted by Crippen LogP contribution is -2.54. The number of benzene rings is 1. The standard InChI is InChI=1S/C23H30ClN5O2S/c1-3-4-8-11-25-21(30)16-32-23-26-19(24)14-20(27-23)28-12-13-29(17(2)15-28)22(31)18-9-6-5-7-10-18/h5-7,9-10,14,17H,3-4,8,11-13,15-16H2,1-2H3,(H,25,30). The highest BCUT2D eigenvalue weighted by Crippen LogP contribution is 2.24. The number of amides is 2. The van der Waals surface area contributed by atoms with Gasteiger partial charge in [-0.3, -0.25) is 9.59 Å². The third-order valence-electron chi connectivity index (χ3n) is 5.33. The largest absolute Gasteiger partial charge is 0.355 e. The number of nitrogens with zero attached hydrogens (tertiary/aromatic N) is 4. The van der Waals surface area contributed by atoms with Crippen LogP contribution in [0.25, 0.3) is 0 Å². The number of hydrogen-bond acceptors (Lipinski definition) is 6. The van der Waals surface area contributed by atoms with Crippen molar-refractivity contribution in [3.63, 3.8) is 0 Å². The van der Waals surface area contributed by atoms with Crippen LogP contribution in [0.4, 0.5) is 5.82 Å². The Labute approximate surface area is 198 Å². The molecule has 0 aliphatic carbocycles. The summed E-state index contributed by atoms with van der Waals surface area (Å²) >= 11 is 7.52. The van der Waals surface area contributed by atoms with Gasteiger partial charge in [0.05, 0.1) is 5.75 Å². The molecule has 1 N–H and O–H groups in total. The van der Waals surface area contributed by atoms with Gasteiger partial charge in [-0.15, -0.1) is 0 Å². The number of anilines is 1. The van der Waals surface area contributed by atoms with E-state index in [-0.39, 0.29) is 23.6 Å². The Kier molecular flexibility index (Phi) is 9.17. The summed E-state index contributed by atoms with van der Waals surface area (Å²) in [6.07, 6.45) is 3.22. The summed E-state index contributed by atoms with van der Waals surface area (Å²) in [5, 5.41) is 3.74. The predicted octanol–water partition coefficient (Wildman–Crippen LogP) is 3.88. The molecule has 2 amide bonds. The van der Waals surface area contributed by atoms with Crippen molar-refractivity contribution in [2.45, 2.75) is 44.3 Å². The SMILES string of the molecule is CCCCCNC(=O)CSc1nc(Cl)cc(N2CCN(C(=O)c3ccccc3)C(C)C2)n1. The molecule has 0 radical (unpaired) electrons. The maximum atomic E-state index is 12.8. The van der Waals surface area contributed by atoms with Gasteiger partial charge in [-0.1, -0.05) is 61.3 Å². The number of unbranched alkanes of at least 4 members (excludes halogenated alkanes) is 2. The molecule has 1 aliphatic heterocycles. The Morgan fingerprint density at radius 3 is 2.69 bits per heavy atom. The van der Waals surface area contributed by atoms with Crippen molar-refractivity contribution in [2.24, 2.45) is 0 Å². The van der Waals surface area contributed by atoms with Crippen molar-refractivity contribution in [1.82, 2.24) is 20.2 Å². The molecule has 2 heterocycles. The summed E-state index contributed by atoms with van der Waals surface area (Å²) in [4.78, 5) is 37.8. The van der Waals surface area contributed by atoms with Crippen LogP contribution in [0.2, 0.25) is 5.15 Å². The van der Waals surface area contributed by atoms with Gasteiger partial charge in [0.2, 0.25) is 5.91 Å². The van der Waals surface area contributed by atoms with E-state index in [1.54, 1.807) is 6.07 Å². The lowest BCUT2D eigenvalue weighted by Gasteiger charge is -2.40. The maximum absolute atomic E-state index is 12.8. The highest BCUT2D eigenvalue weighted by molar-refractivity contribution is 7.99. The van der Waals surface area contributed by atoms with Gasteiger partial charge in [0.15, 0.2) is 5.16 Å². The number of aromatic nitrogens is 2. The number of thioether (sulfide) groups is 1. The third kappa shape index (κ3) is 6.84. The highest BCUT2D eigenvalue weighted by atomic mass is 35.5. The Hall–Kier alpha value is -2.32. The maximum Gasteiger partial charge on any atom is 0.254 e. The van der Waals surface area contributed by atoms with Crippen molar-refractivity contribution in [3.05, 3.63) is 47.1 Å². The Bertz CT molecular complexity index is 915. The summed E-state index contributed by atoms with van der Waals surface area (Å²) in [5.74, 6) is 0.980. The van der Waals surface area contributed by atoms with Crippen LogP contribution < -0.4 is 10.2 Å². The molecule has 1 unspecified atom stereocenters. The van der Waals surface area contributed by atoms with E-state index in [0.717, 1.165) is 25.1 Å². The molecule has 1 atom stereocenters. The van der Waals surface area contributed by atoms with Crippen LogP contribution in [-0.4, -0.2) is 64.7 Å². The summed E-state index contributed by atoms with van der Waals surface area (Å²) in [6, 6.07) is 11.1. The molecular formula is C23H30ClN5O2S. The number of rotatable bonds is 9. The van der Waals surface area contributed by atoms with Crippen LogP contribution in [-0.2, 0) is 4.79 Å². The molecule has 0 spiro atoms. The molecule has 7 nitrogen and oxygen atoms in total. The van der Waals surface area contributed by atoms with E-state index >= 15 is 0 Å². The van der Waals surface area contributed by atoms with Crippen LogP contribution in [0.1, 0.15) is 43.5 Å². The van der Waals surface area contributed by atoms with Gasteiger partial charge >= 0.3 is 0 Å². The second-order valence-corrected chi connectivity index (χ2v) is 9.17. The minimum Gasteiger partial charge on any atom is -0.355 e. The van der Waals surface area contributed by atoms with E-state index < -0.39 is 0 Å². The Balaban J connectivity index is 1.57. The van der Waals surface area contributed by atoms with Crippen molar-refractivity contribution in [2.75, 3.05) is 36.8 Å². The summed E-state index contributed by atoms with van der Waals surface area (Å²) in [6.45, 7) is 6.76. The van der Waals surface area contributed by atoms with Gasteiger partial charge in [0, 0.05) is 43.9 Å². The third-order valence-corrected chi connectivity index (χ3v) is 6.37. The molecule has 1 aromatic carbocycles. The van der Waals surface area contributed by atoms with Crippen molar-refractivity contribution in [3.8, 4) is 0 Å². The van der Waals surface area contributed by atoms with Gasteiger partial charge in [-0.25, -0.2) is 9.97 Å². The zero-order valence-corrected chi connectivity index (χ0v) is 20.2. The lowest BCUT2D eigenvalue weighted by molar-refractivity contribution is -0.118. The average molecular weight is 476 g/mol. The predicted molar refractivity (Wildman–Crippen MR) is 129 cm³/mol. The van der Waals surface area contributed by atoms with E-state index in [1.807, 2.05) is 42.2 Å². The number of carbonyl (C=O) groups excluding carboxylic acids is 2. The quantitative estimate of drug-likeness (QED) is 0.256. The first-order valence-electron chi connectivity index (χ1n) is 11.0. The smallest absolute Gasteiger partial charge is 0.254 e.